The van der Waals surface area contributed by atoms with Crippen LogP contribution in [0.2, 0.25) is 0 Å². The van der Waals surface area contributed by atoms with Gasteiger partial charge in [-0.2, -0.15) is 0 Å². The van der Waals surface area contributed by atoms with E-state index in [0.29, 0.717) is 0 Å². The minimum absolute atomic E-state index is 0.00393. The van der Waals surface area contributed by atoms with Gasteiger partial charge in [-0.15, -0.1) is 0 Å². The molecule has 1 aromatic heterocycles. The van der Waals surface area contributed by atoms with E-state index in [9.17, 15) is 24.3 Å². The lowest BCUT2D eigenvalue weighted by Crippen LogP contribution is -2.70. The molecule has 5 aliphatic rings. The molecule has 9 atom stereocenters. The molecule has 4 fully saturated rings. The van der Waals surface area contributed by atoms with E-state index in [1.165, 1.54) is 37.5 Å². The third kappa shape index (κ3) is 4.73. The number of carbonyl (C=O) groups is 4. The molecule has 0 aromatic carbocycles. The zero-order valence-electron chi connectivity index (χ0n) is 26.1. The summed E-state index contributed by atoms with van der Waals surface area (Å²) in [5.74, 6) is 1.43. The molecule has 6 rings (SSSR count). The molecule has 0 bridgehead atoms. The third-order valence-corrected chi connectivity index (χ3v) is 12.4. The molecule has 4 saturated carbocycles. The maximum atomic E-state index is 17.7. The molecule has 5 aliphatic carbocycles. The highest BCUT2D eigenvalue weighted by Crippen LogP contribution is 2.72. The molecule has 11 heteroatoms. The monoisotopic (exact) mass is 656 g/mol. The van der Waals surface area contributed by atoms with Gasteiger partial charge in [-0.1, -0.05) is 49.9 Å². The van der Waals surface area contributed by atoms with Crippen LogP contribution in [0, 0.1) is 46.3 Å². The average molecular weight is 657 g/mol. The number of hydrogen-bond acceptors (Lipinski definition) is 9. The van der Waals surface area contributed by atoms with E-state index in [1.807, 2.05) is 0 Å². The number of fused-ring (bicyclic) bond motifs is 5. The molecule has 1 aromatic rings. The van der Waals surface area contributed by atoms with Crippen molar-refractivity contribution in [3.8, 4) is 11.8 Å². The number of hydrogen-bond donors (Lipinski definition) is 1. The number of aliphatic hydroxyl groups excluding tert-OH is 1. The van der Waals surface area contributed by atoms with Gasteiger partial charge >= 0.3 is 11.9 Å². The highest BCUT2D eigenvalue weighted by Gasteiger charge is 2.78. The minimum Gasteiger partial charge on any atom is -0.457 e. The van der Waals surface area contributed by atoms with E-state index < -0.39 is 69.0 Å². The number of allylic oxidation sites excluding steroid dienone is 4. The quantitative estimate of drug-likeness (QED) is 0.319. The summed E-state index contributed by atoms with van der Waals surface area (Å²) in [7, 11) is 0. The van der Waals surface area contributed by atoms with Gasteiger partial charge in [-0.25, -0.2) is 13.6 Å². The molecular formula is C35H38F2O8S. The van der Waals surface area contributed by atoms with Gasteiger partial charge in [0.05, 0.1) is 24.0 Å². The first-order chi connectivity index (χ1) is 21.8. The van der Waals surface area contributed by atoms with Crippen molar-refractivity contribution in [3.05, 3.63) is 48.0 Å². The summed E-state index contributed by atoms with van der Waals surface area (Å²) in [4.78, 5) is 51.9. The average Bonchev–Trinajstić information content (AvgIpc) is 3.59. The lowest BCUT2D eigenvalue weighted by molar-refractivity contribution is -0.221. The van der Waals surface area contributed by atoms with Crippen molar-refractivity contribution in [1.82, 2.24) is 0 Å². The van der Waals surface area contributed by atoms with Crippen LogP contribution >= 0.6 is 11.8 Å². The van der Waals surface area contributed by atoms with E-state index >= 15 is 8.78 Å². The lowest BCUT2D eigenvalue weighted by atomic mass is 9.44. The summed E-state index contributed by atoms with van der Waals surface area (Å²) in [6.45, 7) is 4.87. The molecule has 0 radical (unpaired) electrons. The number of rotatable bonds is 6. The smallest absolute Gasteiger partial charge is 0.375 e. The summed E-state index contributed by atoms with van der Waals surface area (Å²) in [6.07, 6.45) is 3.99. The van der Waals surface area contributed by atoms with Crippen molar-refractivity contribution >= 4 is 34.6 Å². The number of thioether (sulfide) groups is 1. The van der Waals surface area contributed by atoms with E-state index in [2.05, 4.69) is 11.8 Å². The van der Waals surface area contributed by atoms with Crippen molar-refractivity contribution < 1.29 is 47.0 Å². The van der Waals surface area contributed by atoms with Gasteiger partial charge in [-0.05, 0) is 74.8 Å². The molecular weight excluding hydrogens is 618 g/mol. The highest BCUT2D eigenvalue weighted by molar-refractivity contribution is 8.14. The maximum absolute atomic E-state index is 17.7. The summed E-state index contributed by atoms with van der Waals surface area (Å²) >= 11 is 0.830. The zero-order valence-corrected chi connectivity index (χ0v) is 26.9. The normalized spacial score (nSPS) is 39.5. The van der Waals surface area contributed by atoms with Crippen LogP contribution in [0.5, 0.6) is 0 Å². The Hall–Kier alpha value is -3.23. The number of esters is 2. The van der Waals surface area contributed by atoms with Crippen LogP contribution in [0.25, 0.3) is 0 Å². The van der Waals surface area contributed by atoms with Crippen LogP contribution in [0.1, 0.15) is 69.9 Å². The predicted molar refractivity (Wildman–Crippen MR) is 164 cm³/mol. The summed E-state index contributed by atoms with van der Waals surface area (Å²) in [5, 5.41) is 11.2. The Balaban J connectivity index is 1.31. The SMILES string of the molecule is C[C@@H]1C[C@H]2[C@@H]3C[C@H](F)C4=CC(=O)C=C[C@]4(C)[C@@]3(F)[C@@H](O)C[C@]2(C)[C@@]1(OC(=O)c1ccco1)C(=O)SCC#CCOC(=O)C1CCC1. The number of carbonyl (C=O) groups excluding carboxylic acids is 4. The molecule has 8 nitrogen and oxygen atoms in total. The van der Waals surface area contributed by atoms with Crippen LogP contribution in [0.4, 0.5) is 8.78 Å². The van der Waals surface area contributed by atoms with Gasteiger partial charge in [0.1, 0.15) is 6.17 Å². The van der Waals surface area contributed by atoms with Gasteiger partial charge in [0, 0.05) is 22.7 Å². The second kappa shape index (κ2) is 11.8. The first-order valence-electron chi connectivity index (χ1n) is 15.8. The van der Waals surface area contributed by atoms with Gasteiger partial charge in [0.25, 0.3) is 0 Å². The lowest BCUT2D eigenvalue weighted by Gasteiger charge is -2.63. The van der Waals surface area contributed by atoms with Crippen LogP contribution in [-0.4, -0.2) is 63.8 Å². The standard InChI is InChI=1S/C35H38F2O8S/c1-20-16-23-24-18-26(36)25-17-22(38)11-12-32(25,2)34(24,37)28(39)19-33(23,3)35(20,45-30(41)27-10-7-14-43-27)31(42)46-15-5-4-13-44-29(40)21-8-6-9-21/h7,10-12,14,17,20-21,23-24,26,28,39H,6,8-9,13,15-16,18-19H2,1-3H3/t20-,23+,24+,26+,28+,32+,33+,34+,35+/m1/s1. The third-order valence-electron chi connectivity index (χ3n) is 11.6. The molecule has 246 valence electrons. The van der Waals surface area contributed by atoms with Gasteiger partial charge < -0.3 is 19.0 Å². The molecule has 0 amide bonds. The van der Waals surface area contributed by atoms with Crippen molar-refractivity contribution in [2.75, 3.05) is 12.4 Å². The highest BCUT2D eigenvalue weighted by atomic mass is 32.2. The van der Waals surface area contributed by atoms with Crippen molar-refractivity contribution in [3.63, 3.8) is 0 Å². The largest absolute Gasteiger partial charge is 0.457 e. The molecule has 46 heavy (non-hydrogen) atoms. The van der Waals surface area contributed by atoms with Crippen LogP contribution in [0.3, 0.4) is 0 Å². The Morgan fingerprint density at radius 2 is 1.93 bits per heavy atom. The fraction of sp³-hybridized carbons (Fsp3) is 0.600. The Morgan fingerprint density at radius 1 is 1.17 bits per heavy atom. The van der Waals surface area contributed by atoms with Gasteiger partial charge in [0.15, 0.2) is 23.7 Å². The minimum atomic E-state index is -2.35. The summed E-state index contributed by atoms with van der Waals surface area (Å²) in [5.41, 5.74) is -7.06. The number of ketones is 1. The second-order valence-electron chi connectivity index (χ2n) is 13.8. The molecule has 1 N–H and O–H groups in total. The Morgan fingerprint density at radius 3 is 2.61 bits per heavy atom. The molecule has 0 saturated heterocycles. The van der Waals surface area contributed by atoms with Crippen molar-refractivity contribution in [1.29, 1.82) is 0 Å². The number of furan rings is 1. The number of halogens is 2. The van der Waals surface area contributed by atoms with Crippen LogP contribution in [-0.2, 0) is 23.9 Å². The van der Waals surface area contributed by atoms with E-state index in [0.717, 1.165) is 37.1 Å². The summed E-state index contributed by atoms with van der Waals surface area (Å²) < 4.78 is 50.2. The van der Waals surface area contributed by atoms with E-state index in [1.54, 1.807) is 13.8 Å². The molecule has 0 spiro atoms. The van der Waals surface area contributed by atoms with Crippen LogP contribution in [0.15, 0.2) is 46.6 Å². The van der Waals surface area contributed by atoms with Crippen molar-refractivity contribution in [2.24, 2.45) is 34.5 Å². The molecule has 0 aliphatic heterocycles. The molecule has 0 unspecified atom stereocenters. The zero-order chi connectivity index (χ0) is 33.1. The summed E-state index contributed by atoms with van der Waals surface area (Å²) in [6, 6.07) is 2.92. The Kier molecular flexibility index (Phi) is 8.37. The van der Waals surface area contributed by atoms with Crippen LogP contribution < -0.4 is 0 Å². The topological polar surface area (TPSA) is 120 Å². The number of alkyl halides is 2. The number of aliphatic hydroxyl groups is 1. The van der Waals surface area contributed by atoms with E-state index in [-0.39, 0.29) is 54.8 Å². The van der Waals surface area contributed by atoms with Gasteiger partial charge in [0.2, 0.25) is 10.9 Å². The Labute approximate surface area is 270 Å². The van der Waals surface area contributed by atoms with Gasteiger partial charge in [-0.3, -0.25) is 14.4 Å². The second-order valence-corrected chi connectivity index (χ2v) is 14.7. The van der Waals surface area contributed by atoms with Crippen molar-refractivity contribution in [2.45, 2.75) is 82.8 Å². The fourth-order valence-corrected chi connectivity index (χ4v) is 9.98. The number of ether oxygens (including phenoxy) is 2. The first-order valence-corrected chi connectivity index (χ1v) is 16.8. The fourth-order valence-electron chi connectivity index (χ4n) is 8.99. The van der Waals surface area contributed by atoms with E-state index in [4.69, 9.17) is 13.9 Å². The predicted octanol–water partition coefficient (Wildman–Crippen LogP) is 5.35. The molecule has 1 heterocycles. The maximum Gasteiger partial charge on any atom is 0.375 e. The Bertz CT molecular complexity index is 1560. The first kappa shape index (κ1) is 32.7.